The molecule has 1 aromatic carbocycles. The molecule has 0 aliphatic heterocycles. The molecule has 0 aromatic heterocycles. The van der Waals surface area contributed by atoms with E-state index in [0.29, 0.717) is 5.56 Å². The summed E-state index contributed by atoms with van der Waals surface area (Å²) in [6.45, 7) is 3.12. The van der Waals surface area contributed by atoms with Gasteiger partial charge in [-0.2, -0.15) is 0 Å². The van der Waals surface area contributed by atoms with Crippen LogP contribution in [0.25, 0.3) is 0 Å². The Kier molecular flexibility index (Phi) is 4.04. The van der Waals surface area contributed by atoms with E-state index in [9.17, 15) is 12.8 Å². The molecular weight excluding hydrogens is 229 g/mol. The Labute approximate surface area is 95.4 Å². The molecule has 1 rings (SSSR count). The molecule has 3 nitrogen and oxygen atoms in total. The maximum Gasteiger partial charge on any atom is 0.154 e. The molecule has 0 spiro atoms. The van der Waals surface area contributed by atoms with Gasteiger partial charge in [0.2, 0.25) is 0 Å². The van der Waals surface area contributed by atoms with Crippen molar-refractivity contribution in [2.24, 2.45) is 5.73 Å². The van der Waals surface area contributed by atoms with Gasteiger partial charge < -0.3 is 5.73 Å². The predicted octanol–water partition coefficient (Wildman–Crippen LogP) is 1.65. The monoisotopic (exact) mass is 245 g/mol. The van der Waals surface area contributed by atoms with Crippen molar-refractivity contribution in [2.75, 3.05) is 5.75 Å². The van der Waals surface area contributed by atoms with Crippen LogP contribution in [0.3, 0.4) is 0 Å². The molecule has 0 aliphatic carbocycles. The molecule has 5 heteroatoms. The standard InChI is InChI=1S/C11H16FNO2S/c1-3-16(14,15)8(2)11(13)9-5-4-6-10(12)7-9/h4-8,11H,3,13H2,1-2H3/t8-,11+/m1/s1. The summed E-state index contributed by atoms with van der Waals surface area (Å²) in [7, 11) is -3.21. The minimum Gasteiger partial charge on any atom is -0.323 e. The van der Waals surface area contributed by atoms with Crippen molar-refractivity contribution in [3.8, 4) is 0 Å². The topological polar surface area (TPSA) is 60.2 Å². The molecule has 0 bridgehead atoms. The number of rotatable bonds is 4. The molecular formula is C11H16FNO2S. The van der Waals surface area contributed by atoms with Crippen molar-refractivity contribution in [3.05, 3.63) is 35.6 Å². The highest BCUT2D eigenvalue weighted by Crippen LogP contribution is 2.20. The lowest BCUT2D eigenvalue weighted by molar-refractivity contribution is 0.563. The van der Waals surface area contributed by atoms with Crippen molar-refractivity contribution in [3.63, 3.8) is 0 Å². The quantitative estimate of drug-likeness (QED) is 0.877. The molecule has 1 aromatic rings. The lowest BCUT2D eigenvalue weighted by atomic mass is 10.1. The fourth-order valence-electron chi connectivity index (χ4n) is 1.47. The minimum absolute atomic E-state index is 0.0389. The first-order chi connectivity index (χ1) is 7.38. The molecule has 0 radical (unpaired) electrons. The van der Waals surface area contributed by atoms with E-state index >= 15 is 0 Å². The smallest absolute Gasteiger partial charge is 0.154 e. The number of nitrogens with two attached hydrogens (primary N) is 1. The first kappa shape index (κ1) is 13.1. The summed E-state index contributed by atoms with van der Waals surface area (Å²) in [5.41, 5.74) is 6.33. The highest BCUT2D eigenvalue weighted by Gasteiger charge is 2.26. The van der Waals surface area contributed by atoms with Gasteiger partial charge in [-0.1, -0.05) is 19.1 Å². The zero-order valence-corrected chi connectivity index (χ0v) is 10.2. The third kappa shape index (κ3) is 2.80. The van der Waals surface area contributed by atoms with Gasteiger partial charge in [0.1, 0.15) is 5.82 Å². The van der Waals surface area contributed by atoms with Crippen LogP contribution >= 0.6 is 0 Å². The second-order valence-corrected chi connectivity index (χ2v) is 6.38. The summed E-state index contributed by atoms with van der Waals surface area (Å²) in [6.07, 6.45) is 0. The number of benzene rings is 1. The molecule has 2 atom stereocenters. The van der Waals surface area contributed by atoms with Gasteiger partial charge in [0, 0.05) is 11.8 Å². The summed E-state index contributed by atoms with van der Waals surface area (Å²) in [5, 5.41) is -0.709. The van der Waals surface area contributed by atoms with Gasteiger partial charge in [0.05, 0.1) is 5.25 Å². The van der Waals surface area contributed by atoms with Gasteiger partial charge in [0.15, 0.2) is 9.84 Å². The van der Waals surface area contributed by atoms with Crippen molar-refractivity contribution >= 4 is 9.84 Å². The maximum absolute atomic E-state index is 13.0. The molecule has 0 fully saturated rings. The summed E-state index contributed by atoms with van der Waals surface area (Å²) in [4.78, 5) is 0. The number of sulfone groups is 1. The molecule has 0 unspecified atom stereocenters. The summed E-state index contributed by atoms with van der Waals surface area (Å²) < 4.78 is 36.2. The second-order valence-electron chi connectivity index (χ2n) is 3.74. The van der Waals surface area contributed by atoms with Crippen LogP contribution in [-0.4, -0.2) is 19.4 Å². The number of halogens is 1. The Morgan fingerprint density at radius 2 is 2.06 bits per heavy atom. The Bertz CT molecular complexity index is 459. The third-order valence-electron chi connectivity index (χ3n) is 2.71. The zero-order valence-electron chi connectivity index (χ0n) is 9.35. The first-order valence-corrected chi connectivity index (χ1v) is 6.82. The summed E-state index contributed by atoms with van der Waals surface area (Å²) in [6, 6.07) is 5.04. The SMILES string of the molecule is CCS(=O)(=O)[C@H](C)[C@H](N)c1cccc(F)c1. The Hall–Kier alpha value is -0.940. The average molecular weight is 245 g/mol. The van der Waals surface area contributed by atoms with Crippen LogP contribution in [0.4, 0.5) is 4.39 Å². The van der Waals surface area contributed by atoms with Gasteiger partial charge in [-0.15, -0.1) is 0 Å². The van der Waals surface area contributed by atoms with Crippen LogP contribution in [0.15, 0.2) is 24.3 Å². The van der Waals surface area contributed by atoms with E-state index in [2.05, 4.69) is 0 Å². The van der Waals surface area contributed by atoms with E-state index in [-0.39, 0.29) is 5.75 Å². The van der Waals surface area contributed by atoms with Gasteiger partial charge >= 0.3 is 0 Å². The molecule has 0 saturated heterocycles. The van der Waals surface area contributed by atoms with Gasteiger partial charge in [-0.05, 0) is 24.6 Å². The zero-order chi connectivity index (χ0) is 12.3. The van der Waals surface area contributed by atoms with Crippen molar-refractivity contribution in [1.82, 2.24) is 0 Å². The van der Waals surface area contributed by atoms with Gasteiger partial charge in [-0.25, -0.2) is 12.8 Å². The van der Waals surface area contributed by atoms with Crippen molar-refractivity contribution in [1.29, 1.82) is 0 Å². The maximum atomic E-state index is 13.0. The summed E-state index contributed by atoms with van der Waals surface area (Å²) >= 11 is 0. The number of hydrogen-bond acceptors (Lipinski definition) is 3. The second kappa shape index (κ2) is 4.93. The highest BCUT2D eigenvalue weighted by molar-refractivity contribution is 7.92. The van der Waals surface area contributed by atoms with Crippen molar-refractivity contribution < 1.29 is 12.8 Å². The minimum atomic E-state index is -3.21. The van der Waals surface area contributed by atoms with Crippen LogP contribution < -0.4 is 5.73 Å². The summed E-state index contributed by atoms with van der Waals surface area (Å²) in [5.74, 6) is -0.369. The third-order valence-corrected chi connectivity index (χ3v) is 4.94. The predicted molar refractivity (Wildman–Crippen MR) is 62.3 cm³/mol. The molecule has 16 heavy (non-hydrogen) atoms. The highest BCUT2D eigenvalue weighted by atomic mass is 32.2. The van der Waals surface area contributed by atoms with E-state index in [0.717, 1.165) is 0 Å². The molecule has 0 aliphatic rings. The van der Waals surface area contributed by atoms with E-state index in [4.69, 9.17) is 5.73 Å². The molecule has 0 amide bonds. The average Bonchev–Trinajstić information content (AvgIpc) is 2.27. The van der Waals surface area contributed by atoms with Gasteiger partial charge in [-0.3, -0.25) is 0 Å². The van der Waals surface area contributed by atoms with E-state index < -0.39 is 26.9 Å². The van der Waals surface area contributed by atoms with Crippen LogP contribution in [0.2, 0.25) is 0 Å². The Morgan fingerprint density at radius 1 is 1.44 bits per heavy atom. The lowest BCUT2D eigenvalue weighted by Crippen LogP contribution is -2.32. The first-order valence-electron chi connectivity index (χ1n) is 5.11. The Balaban J connectivity index is 2.99. The fraction of sp³-hybridized carbons (Fsp3) is 0.455. The van der Waals surface area contributed by atoms with Crippen LogP contribution in [0.5, 0.6) is 0 Å². The number of hydrogen-bond donors (Lipinski definition) is 1. The van der Waals surface area contributed by atoms with Crippen LogP contribution in [0, 0.1) is 5.82 Å². The van der Waals surface area contributed by atoms with E-state index in [1.165, 1.54) is 18.2 Å². The molecule has 2 N–H and O–H groups in total. The molecule has 90 valence electrons. The largest absolute Gasteiger partial charge is 0.323 e. The van der Waals surface area contributed by atoms with E-state index in [1.807, 2.05) is 0 Å². The van der Waals surface area contributed by atoms with Crippen LogP contribution in [-0.2, 0) is 9.84 Å². The fourth-order valence-corrected chi connectivity index (χ4v) is 2.60. The van der Waals surface area contributed by atoms with Gasteiger partial charge in [0.25, 0.3) is 0 Å². The van der Waals surface area contributed by atoms with Crippen molar-refractivity contribution in [2.45, 2.75) is 25.1 Å². The molecule has 0 heterocycles. The van der Waals surface area contributed by atoms with E-state index in [1.54, 1.807) is 19.9 Å². The molecule has 0 saturated carbocycles. The van der Waals surface area contributed by atoms with Crippen LogP contribution in [0.1, 0.15) is 25.5 Å². The Morgan fingerprint density at radius 3 is 2.56 bits per heavy atom. The normalized spacial score (nSPS) is 15.8. The lowest BCUT2D eigenvalue weighted by Gasteiger charge is -2.19.